The van der Waals surface area contributed by atoms with Crippen molar-refractivity contribution < 1.29 is 0 Å². The summed E-state index contributed by atoms with van der Waals surface area (Å²) in [7, 11) is 0. The number of hydrogen-bond acceptors (Lipinski definition) is 5. The molecule has 2 aromatic rings. The van der Waals surface area contributed by atoms with Gasteiger partial charge in [0.15, 0.2) is 0 Å². The molecule has 0 aliphatic heterocycles. The smallest absolute Gasteiger partial charge is 0.245 e. The van der Waals surface area contributed by atoms with E-state index < -0.39 is 0 Å². The molecule has 2 N–H and O–H groups in total. The molecule has 106 valence electrons. The van der Waals surface area contributed by atoms with E-state index in [9.17, 15) is 0 Å². The summed E-state index contributed by atoms with van der Waals surface area (Å²) in [6, 6.07) is 7.72. The highest BCUT2D eigenvalue weighted by molar-refractivity contribution is 7.80. The van der Waals surface area contributed by atoms with Crippen LogP contribution in [0.15, 0.2) is 24.3 Å². The van der Waals surface area contributed by atoms with Crippen LogP contribution in [-0.2, 0) is 0 Å². The monoisotopic (exact) mass is 289 g/mol. The minimum Gasteiger partial charge on any atom is -0.393 e. The van der Waals surface area contributed by atoms with Gasteiger partial charge in [-0.05, 0) is 18.1 Å². The second kappa shape index (κ2) is 6.56. The van der Waals surface area contributed by atoms with E-state index in [4.69, 9.17) is 18.0 Å². The molecule has 0 unspecified atom stereocenters. The molecule has 0 fully saturated rings. The van der Waals surface area contributed by atoms with Crippen LogP contribution in [0.1, 0.15) is 20.3 Å². The van der Waals surface area contributed by atoms with Crippen molar-refractivity contribution >= 4 is 34.2 Å². The third kappa shape index (κ3) is 3.84. The fourth-order valence-electron chi connectivity index (χ4n) is 1.96. The summed E-state index contributed by atoms with van der Waals surface area (Å²) in [5.41, 5.74) is 7.24. The van der Waals surface area contributed by atoms with Crippen molar-refractivity contribution in [3.05, 3.63) is 24.3 Å². The second-order valence-electron chi connectivity index (χ2n) is 5.16. The quantitative estimate of drug-likeness (QED) is 0.822. The number of nitrogens with two attached hydrogens (primary N) is 1. The lowest BCUT2D eigenvalue weighted by atomic mass is 10.2. The van der Waals surface area contributed by atoms with Gasteiger partial charge in [0.05, 0.1) is 10.5 Å². The zero-order chi connectivity index (χ0) is 14.5. The van der Waals surface area contributed by atoms with Crippen LogP contribution in [0.4, 0.5) is 5.95 Å². The van der Waals surface area contributed by atoms with E-state index >= 15 is 0 Å². The molecule has 1 heterocycles. The van der Waals surface area contributed by atoms with Crippen molar-refractivity contribution in [1.29, 1.82) is 0 Å². The molecule has 0 atom stereocenters. The van der Waals surface area contributed by atoms with E-state index in [-0.39, 0.29) is 0 Å². The summed E-state index contributed by atoms with van der Waals surface area (Å²) in [6.45, 7) is 5.88. The second-order valence-corrected chi connectivity index (χ2v) is 5.68. The Bertz CT molecular complexity index is 599. The van der Waals surface area contributed by atoms with Gasteiger partial charge in [0.25, 0.3) is 0 Å². The lowest BCUT2D eigenvalue weighted by molar-refractivity contribution is 0.602. The van der Waals surface area contributed by atoms with E-state index in [2.05, 4.69) is 33.9 Å². The molecule has 0 aliphatic carbocycles. The lowest BCUT2D eigenvalue weighted by Gasteiger charge is -2.23. The Morgan fingerprint density at radius 3 is 2.60 bits per heavy atom. The Morgan fingerprint density at radius 2 is 1.95 bits per heavy atom. The van der Waals surface area contributed by atoms with Crippen LogP contribution in [0.3, 0.4) is 0 Å². The SMILES string of the molecule is CC(C)CN(CCC(N)=S)c1nnc2ccccc2n1. The number of aromatic nitrogens is 3. The number of para-hydroxylation sites is 1. The highest BCUT2D eigenvalue weighted by Gasteiger charge is 2.13. The number of rotatable bonds is 6. The first kappa shape index (κ1) is 14.6. The summed E-state index contributed by atoms with van der Waals surface area (Å²) in [5.74, 6) is 1.13. The maximum atomic E-state index is 5.59. The highest BCUT2D eigenvalue weighted by Crippen LogP contribution is 2.14. The molecule has 0 amide bonds. The van der Waals surface area contributed by atoms with E-state index in [1.807, 2.05) is 24.3 Å². The molecule has 0 saturated heterocycles. The van der Waals surface area contributed by atoms with Gasteiger partial charge in [-0.3, -0.25) is 0 Å². The largest absolute Gasteiger partial charge is 0.393 e. The van der Waals surface area contributed by atoms with Crippen molar-refractivity contribution in [2.24, 2.45) is 11.7 Å². The van der Waals surface area contributed by atoms with Gasteiger partial charge in [-0.2, -0.15) is 0 Å². The van der Waals surface area contributed by atoms with Crippen molar-refractivity contribution in [2.75, 3.05) is 18.0 Å². The molecular formula is C14H19N5S. The molecule has 20 heavy (non-hydrogen) atoms. The van der Waals surface area contributed by atoms with E-state index in [0.717, 1.165) is 17.6 Å². The Balaban J connectivity index is 2.26. The Kier molecular flexibility index (Phi) is 4.79. The number of thiocarbonyl (C=S) groups is 1. The predicted molar refractivity (Wildman–Crippen MR) is 85.8 cm³/mol. The molecule has 0 radical (unpaired) electrons. The first-order valence-electron chi connectivity index (χ1n) is 6.69. The van der Waals surface area contributed by atoms with Crippen LogP contribution < -0.4 is 10.6 Å². The van der Waals surface area contributed by atoms with Crippen molar-refractivity contribution in [3.8, 4) is 0 Å². The number of nitrogens with zero attached hydrogens (tertiary/aromatic N) is 4. The fraction of sp³-hybridized carbons (Fsp3) is 0.429. The van der Waals surface area contributed by atoms with Crippen molar-refractivity contribution in [3.63, 3.8) is 0 Å². The Labute approximate surface area is 124 Å². The first-order valence-corrected chi connectivity index (χ1v) is 7.10. The van der Waals surface area contributed by atoms with Gasteiger partial charge in [-0.15, -0.1) is 10.2 Å². The number of benzene rings is 1. The van der Waals surface area contributed by atoms with Crippen LogP contribution in [0, 0.1) is 5.92 Å². The number of fused-ring (bicyclic) bond motifs is 1. The zero-order valence-electron chi connectivity index (χ0n) is 11.8. The van der Waals surface area contributed by atoms with Gasteiger partial charge in [-0.25, -0.2) is 4.98 Å². The van der Waals surface area contributed by atoms with Gasteiger partial charge < -0.3 is 10.6 Å². The van der Waals surface area contributed by atoms with E-state index in [1.165, 1.54) is 0 Å². The minimum atomic E-state index is 0.497. The standard InChI is InChI=1S/C14H19N5S/c1-10(2)9-19(8-7-13(15)20)14-16-11-5-3-4-6-12(11)17-18-14/h3-6,10H,7-9H2,1-2H3,(H2,15,20). The predicted octanol–water partition coefficient (Wildman–Crippen LogP) is 2.16. The molecule has 1 aromatic heterocycles. The molecule has 2 rings (SSSR count). The van der Waals surface area contributed by atoms with Crippen LogP contribution in [0.2, 0.25) is 0 Å². The molecular weight excluding hydrogens is 270 g/mol. The number of anilines is 1. The van der Waals surface area contributed by atoms with E-state index in [0.29, 0.717) is 29.8 Å². The summed E-state index contributed by atoms with van der Waals surface area (Å²) < 4.78 is 0. The normalized spacial score (nSPS) is 10.9. The maximum Gasteiger partial charge on any atom is 0.245 e. The third-order valence-corrected chi connectivity index (χ3v) is 3.05. The minimum absolute atomic E-state index is 0.497. The summed E-state index contributed by atoms with van der Waals surface area (Å²) in [4.78, 5) is 7.17. The van der Waals surface area contributed by atoms with Crippen LogP contribution in [-0.4, -0.2) is 33.3 Å². The average Bonchev–Trinajstić information content (AvgIpc) is 2.42. The van der Waals surface area contributed by atoms with Gasteiger partial charge in [0, 0.05) is 19.5 Å². The van der Waals surface area contributed by atoms with Crippen molar-refractivity contribution in [2.45, 2.75) is 20.3 Å². The number of hydrogen-bond donors (Lipinski definition) is 1. The van der Waals surface area contributed by atoms with Crippen LogP contribution in [0.5, 0.6) is 0 Å². The summed E-state index contributed by atoms with van der Waals surface area (Å²) in [6.07, 6.45) is 0.651. The molecule has 0 saturated carbocycles. The zero-order valence-corrected chi connectivity index (χ0v) is 12.6. The van der Waals surface area contributed by atoms with Gasteiger partial charge in [0.2, 0.25) is 5.95 Å². The lowest BCUT2D eigenvalue weighted by Crippen LogP contribution is -2.32. The third-order valence-electron chi connectivity index (χ3n) is 2.85. The van der Waals surface area contributed by atoms with E-state index in [1.54, 1.807) is 0 Å². The highest BCUT2D eigenvalue weighted by atomic mass is 32.1. The van der Waals surface area contributed by atoms with Gasteiger partial charge >= 0.3 is 0 Å². The summed E-state index contributed by atoms with van der Waals surface area (Å²) in [5, 5.41) is 8.44. The van der Waals surface area contributed by atoms with Crippen LogP contribution in [0.25, 0.3) is 11.0 Å². The molecule has 6 heteroatoms. The molecule has 0 aliphatic rings. The van der Waals surface area contributed by atoms with Gasteiger partial charge in [-0.1, -0.05) is 38.2 Å². The fourth-order valence-corrected chi connectivity index (χ4v) is 2.06. The Hall–Kier alpha value is -1.82. The first-order chi connectivity index (χ1) is 9.56. The Morgan fingerprint density at radius 1 is 1.25 bits per heavy atom. The van der Waals surface area contributed by atoms with Crippen LogP contribution >= 0.6 is 12.2 Å². The maximum absolute atomic E-state index is 5.59. The van der Waals surface area contributed by atoms with Crippen molar-refractivity contribution in [1.82, 2.24) is 15.2 Å². The average molecular weight is 289 g/mol. The molecule has 5 nitrogen and oxygen atoms in total. The molecule has 1 aromatic carbocycles. The topological polar surface area (TPSA) is 67.9 Å². The summed E-state index contributed by atoms with van der Waals surface area (Å²) >= 11 is 4.95. The van der Waals surface area contributed by atoms with Gasteiger partial charge in [0.1, 0.15) is 5.52 Å². The molecule has 0 spiro atoms. The molecule has 0 bridgehead atoms.